The molecule has 3 N–H and O–H groups in total. The number of nitrogens with zero attached hydrogens (tertiary/aromatic N) is 3. The van der Waals surface area contributed by atoms with Gasteiger partial charge in [0.15, 0.2) is 5.78 Å². The van der Waals surface area contributed by atoms with Gasteiger partial charge in [-0.15, -0.1) is 0 Å². The van der Waals surface area contributed by atoms with Gasteiger partial charge in [0.1, 0.15) is 6.04 Å². The second-order valence-electron chi connectivity index (χ2n) is 12.8. The van der Waals surface area contributed by atoms with E-state index in [9.17, 15) is 19.2 Å². The lowest BCUT2D eigenvalue weighted by atomic mass is 9.88. The van der Waals surface area contributed by atoms with Gasteiger partial charge in [-0.25, -0.2) is 0 Å². The standard InChI is InChI=1S/C30H45N5O4/c1-20(11-13-32-28(38)21-7-9-22(10-8-21)33-14-5-6-15-33)17-26(37)34-16-12-24-27(34)25(36)19-35(24)29(39)23(31)18-30(2,3)4/h7-10,20,23-24,27H,5-6,11-19,31H2,1-4H3,(H,32,38). The van der Waals surface area contributed by atoms with E-state index in [-0.39, 0.29) is 47.4 Å². The molecule has 4 rings (SSSR count). The minimum atomic E-state index is -0.653. The van der Waals surface area contributed by atoms with Crippen LogP contribution in [-0.2, 0) is 14.4 Å². The first-order valence-corrected chi connectivity index (χ1v) is 14.5. The Morgan fingerprint density at radius 2 is 1.72 bits per heavy atom. The molecule has 39 heavy (non-hydrogen) atoms. The summed E-state index contributed by atoms with van der Waals surface area (Å²) in [5, 5.41) is 2.96. The Morgan fingerprint density at radius 1 is 1.05 bits per heavy atom. The van der Waals surface area contributed by atoms with Gasteiger partial charge in [0, 0.05) is 43.9 Å². The predicted molar refractivity (Wildman–Crippen MR) is 151 cm³/mol. The van der Waals surface area contributed by atoms with Crippen LogP contribution >= 0.6 is 0 Å². The molecule has 1 aromatic carbocycles. The van der Waals surface area contributed by atoms with Crippen LogP contribution in [0.4, 0.5) is 5.69 Å². The summed E-state index contributed by atoms with van der Waals surface area (Å²) in [4.78, 5) is 57.2. The van der Waals surface area contributed by atoms with Gasteiger partial charge in [-0.2, -0.15) is 0 Å². The van der Waals surface area contributed by atoms with E-state index in [2.05, 4.69) is 10.2 Å². The third kappa shape index (κ3) is 6.99. The maximum Gasteiger partial charge on any atom is 0.251 e. The summed E-state index contributed by atoms with van der Waals surface area (Å²) < 4.78 is 0. The largest absolute Gasteiger partial charge is 0.372 e. The van der Waals surface area contributed by atoms with Crippen molar-refractivity contribution in [2.24, 2.45) is 17.1 Å². The highest BCUT2D eigenvalue weighted by molar-refractivity contribution is 5.98. The SMILES string of the molecule is CC(CCNC(=O)c1ccc(N2CCCC2)cc1)CC(=O)N1CCC2C1C(=O)CN2C(=O)C(N)CC(C)(C)C. The summed E-state index contributed by atoms with van der Waals surface area (Å²) in [5.74, 6) is -0.424. The van der Waals surface area contributed by atoms with E-state index in [0.717, 1.165) is 18.8 Å². The number of likely N-dealkylation sites (tertiary alicyclic amines) is 2. The van der Waals surface area contributed by atoms with Gasteiger partial charge < -0.3 is 25.8 Å². The van der Waals surface area contributed by atoms with Crippen molar-refractivity contribution in [3.8, 4) is 0 Å². The van der Waals surface area contributed by atoms with Crippen LogP contribution in [0, 0.1) is 11.3 Å². The highest BCUT2D eigenvalue weighted by Crippen LogP contribution is 2.32. The molecule has 3 amide bonds. The Morgan fingerprint density at radius 3 is 2.36 bits per heavy atom. The second kappa shape index (κ2) is 12.1. The number of benzene rings is 1. The van der Waals surface area contributed by atoms with Crippen molar-refractivity contribution in [2.45, 2.75) is 84.3 Å². The van der Waals surface area contributed by atoms with Gasteiger partial charge in [-0.05, 0) is 67.7 Å². The normalized spacial score (nSPS) is 22.7. The molecule has 3 heterocycles. The molecule has 0 radical (unpaired) electrons. The average Bonchev–Trinajstić information content (AvgIpc) is 3.62. The van der Waals surface area contributed by atoms with E-state index >= 15 is 0 Å². The zero-order valence-electron chi connectivity index (χ0n) is 23.9. The fourth-order valence-electron chi connectivity index (χ4n) is 6.20. The first-order valence-electron chi connectivity index (χ1n) is 14.5. The maximum atomic E-state index is 13.2. The molecule has 3 aliphatic rings. The number of hydrogen-bond donors (Lipinski definition) is 2. The van der Waals surface area contributed by atoms with Crippen molar-refractivity contribution < 1.29 is 19.2 Å². The molecular weight excluding hydrogens is 494 g/mol. The van der Waals surface area contributed by atoms with E-state index in [1.807, 2.05) is 52.0 Å². The lowest BCUT2D eigenvalue weighted by molar-refractivity contribution is -0.137. The lowest BCUT2D eigenvalue weighted by Crippen LogP contribution is -2.49. The predicted octanol–water partition coefficient (Wildman–Crippen LogP) is 2.58. The monoisotopic (exact) mass is 539 g/mol. The van der Waals surface area contributed by atoms with Gasteiger partial charge in [0.25, 0.3) is 5.91 Å². The Hall–Kier alpha value is -2.94. The molecule has 0 bridgehead atoms. The van der Waals surface area contributed by atoms with Crippen molar-refractivity contribution in [1.82, 2.24) is 15.1 Å². The highest BCUT2D eigenvalue weighted by atomic mass is 16.2. The van der Waals surface area contributed by atoms with E-state index in [0.29, 0.717) is 44.3 Å². The topological polar surface area (TPSA) is 116 Å². The van der Waals surface area contributed by atoms with Gasteiger partial charge in [-0.1, -0.05) is 27.7 Å². The smallest absolute Gasteiger partial charge is 0.251 e. The van der Waals surface area contributed by atoms with E-state index in [1.54, 1.807) is 9.80 Å². The molecule has 0 aliphatic carbocycles. The fraction of sp³-hybridized carbons (Fsp3) is 0.667. The van der Waals surface area contributed by atoms with E-state index < -0.39 is 12.1 Å². The molecule has 9 heteroatoms. The van der Waals surface area contributed by atoms with Gasteiger partial charge in [0.2, 0.25) is 11.8 Å². The molecule has 3 fully saturated rings. The summed E-state index contributed by atoms with van der Waals surface area (Å²) in [6.07, 6.45) is 4.51. The Kier molecular flexibility index (Phi) is 8.99. The number of amides is 3. The second-order valence-corrected chi connectivity index (χ2v) is 12.8. The molecule has 1 aromatic rings. The van der Waals surface area contributed by atoms with Crippen molar-refractivity contribution in [3.63, 3.8) is 0 Å². The molecular formula is C30H45N5O4. The third-order valence-electron chi connectivity index (χ3n) is 8.22. The molecule has 9 nitrogen and oxygen atoms in total. The number of Topliss-reactive ketones (excluding diaryl/α,β-unsaturated/α-hetero) is 1. The van der Waals surface area contributed by atoms with Gasteiger partial charge in [0.05, 0.1) is 18.6 Å². The first-order chi connectivity index (χ1) is 18.4. The van der Waals surface area contributed by atoms with Crippen LogP contribution in [0.1, 0.15) is 76.6 Å². The molecule has 214 valence electrons. The first kappa shape index (κ1) is 29.1. The van der Waals surface area contributed by atoms with Crippen LogP contribution in [0.5, 0.6) is 0 Å². The average molecular weight is 540 g/mol. The molecule has 0 aromatic heterocycles. The third-order valence-corrected chi connectivity index (χ3v) is 8.22. The van der Waals surface area contributed by atoms with Crippen molar-refractivity contribution in [2.75, 3.05) is 37.6 Å². The number of carbonyl (C=O) groups is 4. The Labute approximate surface area is 232 Å². The van der Waals surface area contributed by atoms with Gasteiger partial charge in [-0.3, -0.25) is 19.2 Å². The number of carbonyl (C=O) groups excluding carboxylic acids is 4. The minimum absolute atomic E-state index is 0.0242. The Bertz CT molecular complexity index is 1060. The Balaban J connectivity index is 1.23. The van der Waals surface area contributed by atoms with Crippen LogP contribution < -0.4 is 16.0 Å². The fourth-order valence-corrected chi connectivity index (χ4v) is 6.20. The number of ketones is 1. The molecule has 3 saturated heterocycles. The summed E-state index contributed by atoms with van der Waals surface area (Å²) in [5.41, 5.74) is 7.88. The maximum absolute atomic E-state index is 13.2. The van der Waals surface area contributed by atoms with Gasteiger partial charge >= 0.3 is 0 Å². The number of anilines is 1. The van der Waals surface area contributed by atoms with Crippen LogP contribution in [-0.4, -0.2) is 84.2 Å². The molecule has 3 aliphatic heterocycles. The van der Waals surface area contributed by atoms with Crippen molar-refractivity contribution in [3.05, 3.63) is 29.8 Å². The number of hydrogen-bond acceptors (Lipinski definition) is 6. The lowest BCUT2D eigenvalue weighted by Gasteiger charge is -2.29. The zero-order chi connectivity index (χ0) is 28.3. The molecule has 4 unspecified atom stereocenters. The van der Waals surface area contributed by atoms with Crippen LogP contribution in [0.15, 0.2) is 24.3 Å². The van der Waals surface area contributed by atoms with Crippen LogP contribution in [0.3, 0.4) is 0 Å². The number of nitrogens with two attached hydrogens (primary N) is 1. The minimum Gasteiger partial charge on any atom is -0.372 e. The van der Waals surface area contributed by atoms with Crippen LogP contribution in [0.25, 0.3) is 0 Å². The van der Waals surface area contributed by atoms with E-state index in [1.165, 1.54) is 12.8 Å². The molecule has 4 atom stereocenters. The molecule has 0 saturated carbocycles. The number of fused-ring (bicyclic) bond motifs is 1. The highest BCUT2D eigenvalue weighted by Gasteiger charge is 2.51. The molecule has 0 spiro atoms. The van der Waals surface area contributed by atoms with E-state index in [4.69, 9.17) is 5.73 Å². The number of rotatable bonds is 9. The summed E-state index contributed by atoms with van der Waals surface area (Å²) in [6, 6.07) is 6.22. The van der Waals surface area contributed by atoms with Crippen LogP contribution in [0.2, 0.25) is 0 Å². The summed E-state index contributed by atoms with van der Waals surface area (Å²) in [6.45, 7) is 11.2. The summed E-state index contributed by atoms with van der Waals surface area (Å²) in [7, 11) is 0. The summed E-state index contributed by atoms with van der Waals surface area (Å²) >= 11 is 0. The zero-order valence-corrected chi connectivity index (χ0v) is 23.9. The van der Waals surface area contributed by atoms with Crippen molar-refractivity contribution in [1.29, 1.82) is 0 Å². The quantitative estimate of drug-likeness (QED) is 0.498. The van der Waals surface area contributed by atoms with Crippen molar-refractivity contribution >= 4 is 29.2 Å². The number of nitrogens with one attached hydrogen (secondary N) is 1.